The van der Waals surface area contributed by atoms with E-state index in [0.717, 1.165) is 24.0 Å². The fourth-order valence-electron chi connectivity index (χ4n) is 5.14. The lowest BCUT2D eigenvalue weighted by atomic mass is 9.90. The van der Waals surface area contributed by atoms with Gasteiger partial charge in [-0.25, -0.2) is 4.39 Å². The summed E-state index contributed by atoms with van der Waals surface area (Å²) in [4.78, 5) is 15.3. The molecule has 3 rings (SSSR count). The lowest BCUT2D eigenvalue weighted by Gasteiger charge is -2.25. The molecule has 1 heterocycles. The lowest BCUT2D eigenvalue weighted by molar-refractivity contribution is -0.125. The first-order valence-corrected chi connectivity index (χ1v) is 15.3. The first kappa shape index (κ1) is 31.4. The molecule has 0 fully saturated rings. The third-order valence-corrected chi connectivity index (χ3v) is 7.57. The van der Waals surface area contributed by atoms with Gasteiger partial charge in [-0.3, -0.25) is 4.79 Å². The van der Waals surface area contributed by atoms with Crippen LogP contribution in [-0.2, 0) is 17.0 Å². The summed E-state index contributed by atoms with van der Waals surface area (Å²) in [7, 11) is 0. The number of benzene rings is 2. The molecule has 1 aromatic heterocycles. The molecule has 0 spiro atoms. The maximum absolute atomic E-state index is 17.1. The number of tetrazole rings is 1. The Balaban J connectivity index is 1.72. The van der Waals surface area contributed by atoms with Crippen LogP contribution >= 0.6 is 0 Å². The fraction of sp³-hybridized carbons (Fsp3) is 0.576. The maximum Gasteiger partial charge on any atom is 0.276 e. The maximum atomic E-state index is 17.1. The number of alkyl halides is 1. The Bertz CT molecular complexity index is 1150. The molecule has 3 aromatic rings. The number of aryl methyl sites for hydroxylation is 1. The molecular formula is C33H48FN5O. The number of amides is 1. The number of rotatable bonds is 17. The molecule has 40 heavy (non-hydrogen) atoms. The summed E-state index contributed by atoms with van der Waals surface area (Å²) in [5.41, 5.74) is 0.183. The fourth-order valence-corrected chi connectivity index (χ4v) is 5.14. The van der Waals surface area contributed by atoms with Gasteiger partial charge in [0.1, 0.15) is 0 Å². The quantitative estimate of drug-likeness (QED) is 0.171. The SMILES string of the molecule is CCCCCCCCCCCCn1nnc(C(F)(C(=O)Nc2c(C(C)C)cccc2C(C)C)c2ccccc2)n1. The zero-order valence-corrected chi connectivity index (χ0v) is 25.1. The minimum absolute atomic E-state index is 0.153. The standard InChI is InChI=1S/C33H48FN5O/c1-6-7-8-9-10-11-12-13-14-18-24-39-37-31(36-38-39)33(34,27-20-16-15-17-21-27)32(40)35-30-28(25(2)3)22-19-23-29(30)26(4)5/h15-17,19-23,25-26H,6-14,18,24H2,1-5H3,(H,35,40). The van der Waals surface area contributed by atoms with Crippen LogP contribution in [0.4, 0.5) is 10.1 Å². The average Bonchev–Trinajstić information content (AvgIpc) is 3.43. The van der Waals surface area contributed by atoms with Crippen LogP contribution in [0.15, 0.2) is 48.5 Å². The van der Waals surface area contributed by atoms with Gasteiger partial charge in [-0.05, 0) is 34.6 Å². The largest absolute Gasteiger partial charge is 0.322 e. The molecular weight excluding hydrogens is 501 g/mol. The highest BCUT2D eigenvalue weighted by atomic mass is 19.1. The van der Waals surface area contributed by atoms with Crippen LogP contribution in [-0.4, -0.2) is 26.1 Å². The van der Waals surface area contributed by atoms with Gasteiger partial charge in [0.2, 0.25) is 5.82 Å². The van der Waals surface area contributed by atoms with E-state index >= 15 is 4.39 Å². The molecule has 7 heteroatoms. The molecule has 0 radical (unpaired) electrons. The van der Waals surface area contributed by atoms with Crippen molar-refractivity contribution in [3.05, 3.63) is 71.0 Å². The Kier molecular flexibility index (Phi) is 12.3. The van der Waals surface area contributed by atoms with Crippen LogP contribution in [0.3, 0.4) is 0 Å². The zero-order chi connectivity index (χ0) is 29.0. The minimum Gasteiger partial charge on any atom is -0.322 e. The van der Waals surface area contributed by atoms with E-state index in [0.29, 0.717) is 12.2 Å². The second-order valence-corrected chi connectivity index (χ2v) is 11.5. The summed E-state index contributed by atoms with van der Waals surface area (Å²) >= 11 is 0. The number of carbonyl (C=O) groups excluding carboxylic acids is 1. The molecule has 0 bridgehead atoms. The van der Waals surface area contributed by atoms with Gasteiger partial charge in [0.25, 0.3) is 11.6 Å². The first-order chi connectivity index (χ1) is 19.3. The summed E-state index contributed by atoms with van der Waals surface area (Å²) in [6.45, 7) is 11.0. The summed E-state index contributed by atoms with van der Waals surface area (Å²) < 4.78 is 17.1. The van der Waals surface area contributed by atoms with Gasteiger partial charge in [0, 0.05) is 11.3 Å². The number of nitrogens with zero attached hydrogens (tertiary/aromatic N) is 4. The van der Waals surface area contributed by atoms with E-state index in [-0.39, 0.29) is 23.2 Å². The van der Waals surface area contributed by atoms with Crippen LogP contribution < -0.4 is 5.32 Å². The van der Waals surface area contributed by atoms with Gasteiger partial charge in [-0.15, -0.1) is 10.2 Å². The van der Waals surface area contributed by atoms with Crippen molar-refractivity contribution >= 4 is 11.6 Å². The highest BCUT2D eigenvalue weighted by molar-refractivity contribution is 6.01. The summed E-state index contributed by atoms with van der Waals surface area (Å²) in [6.07, 6.45) is 12.3. The highest BCUT2D eigenvalue weighted by Crippen LogP contribution is 2.37. The van der Waals surface area contributed by atoms with E-state index in [9.17, 15) is 4.79 Å². The minimum atomic E-state index is -2.59. The first-order valence-electron chi connectivity index (χ1n) is 15.3. The molecule has 1 amide bonds. The lowest BCUT2D eigenvalue weighted by Crippen LogP contribution is -2.39. The molecule has 1 atom stereocenters. The van der Waals surface area contributed by atoms with Gasteiger partial charge in [0.05, 0.1) is 6.54 Å². The predicted molar refractivity (Wildman–Crippen MR) is 161 cm³/mol. The molecule has 0 aliphatic rings. The molecule has 1 unspecified atom stereocenters. The number of halogens is 1. The Hall–Kier alpha value is -3.09. The number of aromatic nitrogens is 4. The number of nitrogens with one attached hydrogen (secondary N) is 1. The number of carbonyl (C=O) groups is 1. The van der Waals surface area contributed by atoms with E-state index in [4.69, 9.17) is 0 Å². The molecule has 0 saturated heterocycles. The highest BCUT2D eigenvalue weighted by Gasteiger charge is 2.47. The van der Waals surface area contributed by atoms with Crippen LogP contribution in [0.1, 0.15) is 133 Å². The number of hydrogen-bond donors (Lipinski definition) is 1. The van der Waals surface area contributed by atoms with Crippen LogP contribution in [0.2, 0.25) is 0 Å². The van der Waals surface area contributed by atoms with E-state index in [1.165, 1.54) is 56.2 Å². The normalized spacial score (nSPS) is 13.1. The van der Waals surface area contributed by atoms with Crippen molar-refractivity contribution in [1.29, 1.82) is 0 Å². The summed E-state index contributed by atoms with van der Waals surface area (Å²) in [5, 5.41) is 15.5. The Labute approximate surface area is 240 Å². The number of anilines is 1. The van der Waals surface area contributed by atoms with Crippen molar-refractivity contribution in [1.82, 2.24) is 20.2 Å². The molecule has 2 aromatic carbocycles. The van der Waals surface area contributed by atoms with Crippen molar-refractivity contribution in [3.63, 3.8) is 0 Å². The van der Waals surface area contributed by atoms with Gasteiger partial charge in [-0.1, -0.05) is 141 Å². The second kappa shape index (κ2) is 15.6. The van der Waals surface area contributed by atoms with Crippen molar-refractivity contribution < 1.29 is 9.18 Å². The number of hydrogen-bond acceptors (Lipinski definition) is 4. The third kappa shape index (κ3) is 8.21. The Morgan fingerprint density at radius 2 is 1.38 bits per heavy atom. The molecule has 0 aliphatic carbocycles. The van der Waals surface area contributed by atoms with E-state index in [1.54, 1.807) is 30.3 Å². The monoisotopic (exact) mass is 549 g/mol. The number of unbranched alkanes of at least 4 members (excludes halogenated alkanes) is 9. The summed E-state index contributed by atoms with van der Waals surface area (Å²) in [6, 6.07) is 14.4. The topological polar surface area (TPSA) is 72.7 Å². The van der Waals surface area contributed by atoms with Crippen LogP contribution in [0.5, 0.6) is 0 Å². The van der Waals surface area contributed by atoms with Gasteiger partial charge >= 0.3 is 0 Å². The molecule has 0 saturated carbocycles. The average molecular weight is 550 g/mol. The van der Waals surface area contributed by atoms with E-state index in [1.807, 2.05) is 18.2 Å². The summed E-state index contributed by atoms with van der Waals surface area (Å²) in [5.74, 6) is -0.747. The van der Waals surface area contributed by atoms with Gasteiger partial charge < -0.3 is 5.32 Å². The molecule has 218 valence electrons. The third-order valence-electron chi connectivity index (χ3n) is 7.57. The Morgan fingerprint density at radius 3 is 1.93 bits per heavy atom. The smallest absolute Gasteiger partial charge is 0.276 e. The molecule has 0 aliphatic heterocycles. The van der Waals surface area contributed by atoms with Gasteiger partial charge in [-0.2, -0.15) is 4.80 Å². The van der Waals surface area contributed by atoms with Gasteiger partial charge in [0.15, 0.2) is 0 Å². The van der Waals surface area contributed by atoms with E-state index in [2.05, 4.69) is 55.3 Å². The zero-order valence-electron chi connectivity index (χ0n) is 25.1. The molecule has 1 N–H and O–H groups in total. The van der Waals surface area contributed by atoms with Crippen molar-refractivity contribution in [2.45, 2.75) is 123 Å². The number of para-hydroxylation sites is 1. The Morgan fingerprint density at radius 1 is 0.825 bits per heavy atom. The van der Waals surface area contributed by atoms with Crippen LogP contribution in [0.25, 0.3) is 0 Å². The second-order valence-electron chi connectivity index (χ2n) is 11.5. The van der Waals surface area contributed by atoms with Crippen LogP contribution in [0, 0.1) is 0 Å². The van der Waals surface area contributed by atoms with E-state index < -0.39 is 11.6 Å². The molecule has 6 nitrogen and oxygen atoms in total. The predicted octanol–water partition coefficient (Wildman–Crippen LogP) is 8.69. The van der Waals surface area contributed by atoms with Crippen molar-refractivity contribution in [2.24, 2.45) is 0 Å². The van der Waals surface area contributed by atoms with Crippen molar-refractivity contribution in [2.75, 3.05) is 5.32 Å². The van der Waals surface area contributed by atoms with Crippen molar-refractivity contribution in [3.8, 4) is 0 Å².